The molecule has 0 unspecified atom stereocenters. The van der Waals surface area contributed by atoms with Gasteiger partial charge in [-0.2, -0.15) is 0 Å². The molecule has 0 heterocycles. The molecule has 0 aliphatic rings. The zero-order valence-electron chi connectivity index (χ0n) is 8.93. The Morgan fingerprint density at radius 3 is 1.38 bits per heavy atom. The molecule has 0 saturated heterocycles. The topological polar surface area (TPSA) is 52.0 Å². The molecule has 0 saturated carbocycles. The van der Waals surface area contributed by atoms with Gasteiger partial charge in [-0.15, -0.1) is 0 Å². The summed E-state index contributed by atoms with van der Waals surface area (Å²) in [6, 6.07) is 15.5. The Morgan fingerprint density at radius 1 is 0.625 bits per heavy atom. The third-order valence-corrected chi connectivity index (χ3v) is 2.43. The van der Waals surface area contributed by atoms with Crippen LogP contribution in [-0.4, -0.2) is 0 Å². The van der Waals surface area contributed by atoms with Crippen LogP contribution in [0, 0.1) is 0 Å². The van der Waals surface area contributed by atoms with Gasteiger partial charge in [-0.3, -0.25) is 0 Å². The largest absolute Gasteiger partial charge is 0.398 e. The molecule has 0 amide bonds. The lowest BCUT2D eigenvalue weighted by molar-refractivity contribution is 1.63. The van der Waals surface area contributed by atoms with Crippen LogP contribution in [-0.2, 0) is 0 Å². The maximum Gasteiger partial charge on any atom is 0.0387 e. The Morgan fingerprint density at radius 2 is 1.00 bits per heavy atom. The van der Waals surface area contributed by atoms with Crippen molar-refractivity contribution < 1.29 is 0 Å². The van der Waals surface area contributed by atoms with Crippen molar-refractivity contribution in [2.45, 2.75) is 0 Å². The second-order valence-electron chi connectivity index (χ2n) is 3.59. The maximum atomic E-state index is 5.84. The standard InChI is InChI=1S/C14H14N2/c15-13-7-3-1-5-11(13)9-10-12-6-2-4-8-14(12)16/h1-10H,15-16H2/b10-9-. The fraction of sp³-hybridized carbons (Fsp3) is 0. The fourth-order valence-electron chi connectivity index (χ4n) is 1.50. The Hall–Kier alpha value is -2.22. The summed E-state index contributed by atoms with van der Waals surface area (Å²) in [4.78, 5) is 0. The molecule has 0 bridgehead atoms. The van der Waals surface area contributed by atoms with Gasteiger partial charge in [-0.25, -0.2) is 0 Å². The molecule has 16 heavy (non-hydrogen) atoms. The number of nitrogen functional groups attached to an aromatic ring is 2. The van der Waals surface area contributed by atoms with Crippen molar-refractivity contribution in [3.05, 3.63) is 59.7 Å². The minimum absolute atomic E-state index is 0.772. The first-order valence-electron chi connectivity index (χ1n) is 5.14. The smallest absolute Gasteiger partial charge is 0.0387 e. The summed E-state index contributed by atoms with van der Waals surface area (Å²) in [7, 11) is 0. The van der Waals surface area contributed by atoms with Gasteiger partial charge >= 0.3 is 0 Å². The van der Waals surface area contributed by atoms with Gasteiger partial charge in [-0.05, 0) is 23.3 Å². The lowest BCUT2D eigenvalue weighted by atomic mass is 10.1. The summed E-state index contributed by atoms with van der Waals surface area (Å²) in [5.41, 5.74) is 15.2. The molecule has 80 valence electrons. The monoisotopic (exact) mass is 210 g/mol. The maximum absolute atomic E-state index is 5.84. The van der Waals surface area contributed by atoms with E-state index in [-0.39, 0.29) is 0 Å². The predicted molar refractivity (Wildman–Crippen MR) is 70.6 cm³/mol. The zero-order valence-corrected chi connectivity index (χ0v) is 8.93. The van der Waals surface area contributed by atoms with Crippen LogP contribution in [0.4, 0.5) is 11.4 Å². The SMILES string of the molecule is Nc1ccccc1/C=C\c1ccccc1N. The Kier molecular flexibility index (Phi) is 2.92. The Bertz CT molecular complexity index is 468. The summed E-state index contributed by atoms with van der Waals surface area (Å²) in [5.74, 6) is 0. The third kappa shape index (κ3) is 2.23. The molecule has 4 N–H and O–H groups in total. The highest BCUT2D eigenvalue weighted by Crippen LogP contribution is 2.17. The van der Waals surface area contributed by atoms with Crippen LogP contribution in [0.25, 0.3) is 12.2 Å². The number of anilines is 2. The minimum atomic E-state index is 0.772. The molecular formula is C14H14N2. The molecule has 0 aliphatic heterocycles. The number of benzene rings is 2. The van der Waals surface area contributed by atoms with E-state index in [0.29, 0.717) is 0 Å². The van der Waals surface area contributed by atoms with Gasteiger partial charge in [0.2, 0.25) is 0 Å². The average Bonchev–Trinajstić information content (AvgIpc) is 2.30. The van der Waals surface area contributed by atoms with Gasteiger partial charge < -0.3 is 11.5 Å². The normalized spacial score (nSPS) is 10.8. The summed E-state index contributed by atoms with van der Waals surface area (Å²) >= 11 is 0. The molecule has 0 radical (unpaired) electrons. The summed E-state index contributed by atoms with van der Waals surface area (Å²) in [6.07, 6.45) is 3.95. The van der Waals surface area contributed by atoms with Crippen LogP contribution in [0.5, 0.6) is 0 Å². The molecule has 0 aliphatic carbocycles. The third-order valence-electron chi connectivity index (χ3n) is 2.43. The van der Waals surface area contributed by atoms with Crippen LogP contribution in [0.2, 0.25) is 0 Å². The van der Waals surface area contributed by atoms with E-state index in [0.717, 1.165) is 22.5 Å². The summed E-state index contributed by atoms with van der Waals surface area (Å²) in [6.45, 7) is 0. The number of para-hydroxylation sites is 2. The second-order valence-corrected chi connectivity index (χ2v) is 3.59. The molecule has 0 aromatic heterocycles. The highest BCUT2D eigenvalue weighted by atomic mass is 14.6. The van der Waals surface area contributed by atoms with Crippen LogP contribution in [0.15, 0.2) is 48.5 Å². The molecule has 2 rings (SSSR count). The average molecular weight is 210 g/mol. The Labute approximate surface area is 95.2 Å². The predicted octanol–water partition coefficient (Wildman–Crippen LogP) is 3.02. The molecule has 2 heteroatoms. The van der Waals surface area contributed by atoms with Crippen LogP contribution in [0.3, 0.4) is 0 Å². The van der Waals surface area contributed by atoms with E-state index in [1.54, 1.807) is 0 Å². The van der Waals surface area contributed by atoms with Gasteiger partial charge in [0.05, 0.1) is 0 Å². The zero-order chi connectivity index (χ0) is 11.4. The van der Waals surface area contributed by atoms with Crippen LogP contribution in [0.1, 0.15) is 11.1 Å². The van der Waals surface area contributed by atoms with E-state index >= 15 is 0 Å². The van der Waals surface area contributed by atoms with Crippen molar-refractivity contribution in [3.8, 4) is 0 Å². The van der Waals surface area contributed by atoms with Crippen molar-refractivity contribution in [3.63, 3.8) is 0 Å². The van der Waals surface area contributed by atoms with E-state index in [1.165, 1.54) is 0 Å². The summed E-state index contributed by atoms with van der Waals surface area (Å²) < 4.78 is 0. The highest BCUT2D eigenvalue weighted by Gasteiger charge is 1.94. The number of hydrogen-bond acceptors (Lipinski definition) is 2. The number of rotatable bonds is 2. The van der Waals surface area contributed by atoms with Gasteiger partial charge in [0.15, 0.2) is 0 Å². The lowest BCUT2D eigenvalue weighted by Crippen LogP contribution is -1.89. The summed E-state index contributed by atoms with van der Waals surface area (Å²) in [5, 5.41) is 0. The first-order chi connectivity index (χ1) is 7.77. The number of hydrogen-bond donors (Lipinski definition) is 2. The van der Waals surface area contributed by atoms with Crippen molar-refractivity contribution >= 4 is 23.5 Å². The van der Waals surface area contributed by atoms with Crippen LogP contribution >= 0.6 is 0 Å². The number of nitrogens with two attached hydrogens (primary N) is 2. The first-order valence-corrected chi connectivity index (χ1v) is 5.14. The van der Waals surface area contributed by atoms with E-state index in [4.69, 9.17) is 11.5 Å². The van der Waals surface area contributed by atoms with Gasteiger partial charge in [-0.1, -0.05) is 48.6 Å². The molecule has 2 aromatic rings. The van der Waals surface area contributed by atoms with E-state index in [2.05, 4.69) is 0 Å². The minimum Gasteiger partial charge on any atom is -0.398 e. The highest BCUT2D eigenvalue weighted by molar-refractivity contribution is 5.79. The van der Waals surface area contributed by atoms with E-state index < -0.39 is 0 Å². The van der Waals surface area contributed by atoms with Gasteiger partial charge in [0.25, 0.3) is 0 Å². The first kappa shape index (κ1) is 10.3. The van der Waals surface area contributed by atoms with E-state index in [1.807, 2.05) is 60.7 Å². The molecular weight excluding hydrogens is 196 g/mol. The molecule has 0 spiro atoms. The van der Waals surface area contributed by atoms with Crippen molar-refractivity contribution in [1.82, 2.24) is 0 Å². The van der Waals surface area contributed by atoms with Crippen molar-refractivity contribution in [2.24, 2.45) is 0 Å². The van der Waals surface area contributed by atoms with E-state index in [9.17, 15) is 0 Å². The molecule has 0 fully saturated rings. The lowest BCUT2D eigenvalue weighted by Gasteiger charge is -2.00. The molecule has 0 atom stereocenters. The van der Waals surface area contributed by atoms with Gasteiger partial charge in [0.1, 0.15) is 0 Å². The van der Waals surface area contributed by atoms with Crippen LogP contribution < -0.4 is 11.5 Å². The fourth-order valence-corrected chi connectivity index (χ4v) is 1.50. The van der Waals surface area contributed by atoms with Crippen molar-refractivity contribution in [2.75, 3.05) is 11.5 Å². The molecule has 2 nitrogen and oxygen atoms in total. The quantitative estimate of drug-likeness (QED) is 0.591. The second kappa shape index (κ2) is 4.53. The van der Waals surface area contributed by atoms with Crippen molar-refractivity contribution in [1.29, 1.82) is 0 Å². The molecule has 2 aromatic carbocycles. The Balaban J connectivity index is 2.29. The van der Waals surface area contributed by atoms with Gasteiger partial charge in [0, 0.05) is 11.4 Å².